The van der Waals surface area contributed by atoms with Gasteiger partial charge in [-0.15, -0.1) is 11.3 Å². The highest BCUT2D eigenvalue weighted by Gasteiger charge is 2.15. The number of anilines is 1. The van der Waals surface area contributed by atoms with Gasteiger partial charge in [-0.2, -0.15) is 0 Å². The van der Waals surface area contributed by atoms with E-state index in [9.17, 15) is 9.59 Å². The van der Waals surface area contributed by atoms with Crippen LogP contribution in [0.2, 0.25) is 0 Å². The maximum atomic E-state index is 12.1. The summed E-state index contributed by atoms with van der Waals surface area (Å²) in [5, 5.41) is 8.09. The van der Waals surface area contributed by atoms with Crippen LogP contribution >= 0.6 is 11.3 Å². The highest BCUT2D eigenvalue weighted by molar-refractivity contribution is 7.09. The number of rotatable bonds is 7. The van der Waals surface area contributed by atoms with Gasteiger partial charge in [-0.1, -0.05) is 6.07 Å². The van der Waals surface area contributed by atoms with Gasteiger partial charge in [0.2, 0.25) is 11.8 Å². The van der Waals surface area contributed by atoms with E-state index in [0.29, 0.717) is 34.3 Å². The van der Waals surface area contributed by atoms with Crippen LogP contribution in [0.5, 0.6) is 0 Å². The number of methoxy groups -OCH3 is 1. The largest absolute Gasteiger partial charge is 0.441 e. The highest BCUT2D eigenvalue weighted by atomic mass is 32.1. The van der Waals surface area contributed by atoms with Crippen molar-refractivity contribution in [2.24, 2.45) is 0 Å². The third-order valence-corrected chi connectivity index (χ3v) is 4.60. The summed E-state index contributed by atoms with van der Waals surface area (Å²) in [4.78, 5) is 32.4. The molecule has 0 radical (unpaired) electrons. The molecule has 28 heavy (non-hydrogen) atoms. The smallest absolute Gasteiger partial charge is 0.271 e. The van der Waals surface area contributed by atoms with Crippen LogP contribution in [0.3, 0.4) is 0 Å². The van der Waals surface area contributed by atoms with E-state index in [1.54, 1.807) is 30.5 Å². The van der Waals surface area contributed by atoms with Crippen molar-refractivity contribution < 1.29 is 18.7 Å². The molecule has 146 valence electrons. The predicted octanol–water partition coefficient (Wildman–Crippen LogP) is 2.93. The molecule has 2 N–H and O–H groups in total. The lowest BCUT2D eigenvalue weighted by molar-refractivity contribution is -0.119. The molecular weight excluding hydrogens is 380 g/mol. The van der Waals surface area contributed by atoms with Gasteiger partial charge in [-0.05, 0) is 32.0 Å². The lowest BCUT2D eigenvalue weighted by atomic mass is 10.2. The Morgan fingerprint density at radius 3 is 2.79 bits per heavy atom. The molecule has 0 bridgehead atoms. The van der Waals surface area contributed by atoms with Crippen LogP contribution in [0.15, 0.2) is 34.1 Å². The third kappa shape index (κ3) is 4.81. The molecule has 0 aliphatic rings. The number of aromatic nitrogens is 2. The topological polar surface area (TPSA) is 106 Å². The molecule has 2 heterocycles. The Balaban J connectivity index is 1.69. The first-order valence-corrected chi connectivity index (χ1v) is 9.40. The Labute approximate surface area is 166 Å². The van der Waals surface area contributed by atoms with E-state index in [1.807, 2.05) is 13.0 Å². The highest BCUT2D eigenvalue weighted by Crippen LogP contribution is 2.24. The van der Waals surface area contributed by atoms with E-state index in [-0.39, 0.29) is 25.0 Å². The molecule has 8 nitrogen and oxygen atoms in total. The minimum absolute atomic E-state index is 0.0231. The number of hydrogen-bond acceptors (Lipinski definition) is 7. The molecule has 2 amide bonds. The van der Waals surface area contributed by atoms with Crippen LogP contribution in [-0.4, -0.2) is 35.5 Å². The number of nitrogens with one attached hydrogen (secondary N) is 2. The zero-order valence-electron chi connectivity index (χ0n) is 15.7. The average Bonchev–Trinajstić information content (AvgIpc) is 3.26. The number of hydrogen-bond donors (Lipinski definition) is 2. The van der Waals surface area contributed by atoms with Crippen molar-refractivity contribution in [1.29, 1.82) is 0 Å². The minimum Gasteiger partial charge on any atom is -0.441 e. The Kier molecular flexibility index (Phi) is 6.17. The number of amides is 2. The molecule has 0 saturated carbocycles. The number of carbonyl (C=O) groups excluding carboxylic acids is 2. The van der Waals surface area contributed by atoms with Gasteiger partial charge in [0.15, 0.2) is 0 Å². The second-order valence-corrected chi connectivity index (χ2v) is 7.08. The van der Waals surface area contributed by atoms with Crippen molar-refractivity contribution >= 4 is 28.8 Å². The van der Waals surface area contributed by atoms with Gasteiger partial charge in [0.1, 0.15) is 23.8 Å². The molecule has 3 aromatic rings. The summed E-state index contributed by atoms with van der Waals surface area (Å²) >= 11 is 1.42. The molecule has 0 aliphatic carbocycles. The van der Waals surface area contributed by atoms with Gasteiger partial charge in [0, 0.05) is 23.7 Å². The van der Waals surface area contributed by atoms with Gasteiger partial charge in [0.25, 0.3) is 5.91 Å². The molecule has 3 rings (SSSR count). The number of benzene rings is 1. The lowest BCUT2D eigenvalue weighted by Gasteiger charge is -2.05. The summed E-state index contributed by atoms with van der Waals surface area (Å²) in [5.74, 6) is 0.521. The van der Waals surface area contributed by atoms with Crippen molar-refractivity contribution in [2.75, 3.05) is 19.0 Å². The van der Waals surface area contributed by atoms with Crippen LogP contribution in [0.4, 0.5) is 5.69 Å². The van der Waals surface area contributed by atoms with E-state index >= 15 is 0 Å². The number of ether oxygens (including phenoxy) is 1. The van der Waals surface area contributed by atoms with Crippen LogP contribution in [0.1, 0.15) is 27.0 Å². The van der Waals surface area contributed by atoms with Gasteiger partial charge in [-0.25, -0.2) is 9.97 Å². The quantitative estimate of drug-likeness (QED) is 0.632. The van der Waals surface area contributed by atoms with Gasteiger partial charge >= 0.3 is 0 Å². The fourth-order valence-corrected chi connectivity index (χ4v) is 3.09. The molecule has 9 heteroatoms. The number of carbonyl (C=O) groups is 2. The first kappa shape index (κ1) is 19.7. The summed E-state index contributed by atoms with van der Waals surface area (Å²) in [7, 11) is 1.46. The van der Waals surface area contributed by atoms with Crippen molar-refractivity contribution in [3.63, 3.8) is 0 Å². The second kappa shape index (κ2) is 8.77. The fourth-order valence-electron chi connectivity index (χ4n) is 2.50. The van der Waals surface area contributed by atoms with Crippen molar-refractivity contribution in [3.8, 4) is 11.5 Å². The number of oxazole rings is 1. The molecule has 0 saturated heterocycles. The molecule has 2 aromatic heterocycles. The monoisotopic (exact) mass is 400 g/mol. The fraction of sp³-hybridized carbons (Fsp3) is 0.263. The zero-order valence-corrected chi connectivity index (χ0v) is 16.6. The first-order valence-electron chi connectivity index (χ1n) is 8.52. The maximum absolute atomic E-state index is 12.1. The molecule has 0 spiro atoms. The first-order chi connectivity index (χ1) is 13.5. The molecule has 0 fully saturated rings. The van der Waals surface area contributed by atoms with Crippen LogP contribution in [-0.2, 0) is 16.1 Å². The van der Waals surface area contributed by atoms with Gasteiger partial charge in [0.05, 0.1) is 11.6 Å². The Hall–Kier alpha value is -3.04. The van der Waals surface area contributed by atoms with Crippen molar-refractivity contribution in [2.45, 2.75) is 20.4 Å². The lowest BCUT2D eigenvalue weighted by Crippen LogP contribution is -2.23. The summed E-state index contributed by atoms with van der Waals surface area (Å²) in [6.45, 7) is 3.84. The molecule has 0 unspecified atom stereocenters. The van der Waals surface area contributed by atoms with Crippen molar-refractivity contribution in [1.82, 2.24) is 15.3 Å². The standard InChI is InChI=1S/C19H20N4O4S/c1-11-15(8-20-18(25)16-10-28-12(2)21-16)23-19(27-11)13-5-4-6-14(7-13)22-17(24)9-26-3/h4-7,10H,8-9H2,1-3H3,(H,20,25)(H,22,24). The normalized spacial score (nSPS) is 10.7. The number of aryl methyl sites for hydroxylation is 2. The van der Waals surface area contributed by atoms with E-state index in [4.69, 9.17) is 9.15 Å². The molecular formula is C19H20N4O4S. The number of thiazole rings is 1. The maximum Gasteiger partial charge on any atom is 0.271 e. The Morgan fingerprint density at radius 1 is 1.25 bits per heavy atom. The molecule has 0 atom stereocenters. The SMILES string of the molecule is COCC(=O)Nc1cccc(-c2nc(CNC(=O)c3csc(C)n3)c(C)o2)c1. The summed E-state index contributed by atoms with van der Waals surface area (Å²) in [5.41, 5.74) is 2.35. The second-order valence-electron chi connectivity index (χ2n) is 6.02. The molecule has 0 aliphatic heterocycles. The Bertz CT molecular complexity index is 995. The zero-order chi connectivity index (χ0) is 20.1. The van der Waals surface area contributed by atoms with E-state index in [2.05, 4.69) is 20.6 Å². The third-order valence-electron chi connectivity index (χ3n) is 3.83. The summed E-state index contributed by atoms with van der Waals surface area (Å²) < 4.78 is 10.5. The van der Waals surface area contributed by atoms with Crippen LogP contribution in [0, 0.1) is 13.8 Å². The van der Waals surface area contributed by atoms with Crippen LogP contribution < -0.4 is 10.6 Å². The van der Waals surface area contributed by atoms with Crippen molar-refractivity contribution in [3.05, 3.63) is 51.8 Å². The summed E-state index contributed by atoms with van der Waals surface area (Å²) in [6, 6.07) is 7.16. The van der Waals surface area contributed by atoms with Gasteiger partial charge < -0.3 is 19.8 Å². The molecule has 1 aromatic carbocycles. The summed E-state index contributed by atoms with van der Waals surface area (Å²) in [6.07, 6.45) is 0. The minimum atomic E-state index is -0.254. The Morgan fingerprint density at radius 2 is 2.07 bits per heavy atom. The van der Waals surface area contributed by atoms with Gasteiger partial charge in [-0.3, -0.25) is 9.59 Å². The predicted molar refractivity (Wildman–Crippen MR) is 105 cm³/mol. The van der Waals surface area contributed by atoms with E-state index in [0.717, 1.165) is 5.01 Å². The number of nitrogens with zero attached hydrogens (tertiary/aromatic N) is 2. The average molecular weight is 400 g/mol. The van der Waals surface area contributed by atoms with E-state index in [1.165, 1.54) is 18.4 Å². The van der Waals surface area contributed by atoms with E-state index < -0.39 is 0 Å². The van der Waals surface area contributed by atoms with Crippen LogP contribution in [0.25, 0.3) is 11.5 Å².